The highest BCUT2D eigenvalue weighted by Gasteiger charge is 2.49. The molecule has 4 unspecified atom stereocenters. The number of ether oxygens (including phenoxy) is 4. The lowest BCUT2D eigenvalue weighted by molar-refractivity contribution is -0.193. The Labute approximate surface area is 484 Å². The van der Waals surface area contributed by atoms with Gasteiger partial charge in [0.15, 0.2) is 5.60 Å². The summed E-state index contributed by atoms with van der Waals surface area (Å²) in [5.41, 5.74) is 14.3. The Hall–Kier alpha value is -7.94. The van der Waals surface area contributed by atoms with Crippen molar-refractivity contribution in [1.82, 2.24) is 6.15 Å². The van der Waals surface area contributed by atoms with Crippen molar-refractivity contribution in [2.24, 2.45) is 11.8 Å². The normalized spacial score (nSPS) is 19.0. The number of phenols is 1. The van der Waals surface area contributed by atoms with E-state index in [1.54, 1.807) is 0 Å². The minimum absolute atomic E-state index is 0. The van der Waals surface area contributed by atoms with Gasteiger partial charge >= 0.3 is 18.5 Å². The van der Waals surface area contributed by atoms with E-state index in [9.17, 15) is 9.90 Å². The van der Waals surface area contributed by atoms with Crippen LogP contribution in [0.2, 0.25) is 0 Å². The van der Waals surface area contributed by atoms with Crippen molar-refractivity contribution in [2.75, 3.05) is 6.61 Å². The Balaban J connectivity index is 0.000000188. The largest absolute Gasteiger partial charge is 0.578 e. The van der Waals surface area contributed by atoms with Gasteiger partial charge in [-0.1, -0.05) is 161 Å². The van der Waals surface area contributed by atoms with Crippen molar-refractivity contribution >= 4 is 18.5 Å². The van der Waals surface area contributed by atoms with Crippen molar-refractivity contribution in [2.45, 2.75) is 153 Å². The van der Waals surface area contributed by atoms with E-state index in [-0.39, 0.29) is 48.1 Å². The third kappa shape index (κ3) is 13.7. The molecule has 11 heteroatoms. The number of carbonyl (C=O) groups excluding carboxylic acids is 5. The molecule has 4 atom stereocenters. The Morgan fingerprint density at radius 3 is 1.63 bits per heavy atom. The Morgan fingerprint density at radius 1 is 0.646 bits per heavy atom. The van der Waals surface area contributed by atoms with Gasteiger partial charge in [0.2, 0.25) is 0 Å². The van der Waals surface area contributed by atoms with Crippen molar-refractivity contribution in [3.63, 3.8) is 0 Å². The zero-order valence-electron chi connectivity index (χ0n) is 48.9. The molecular weight excluding hydrogens is 1030 g/mol. The number of aromatic hydroxyl groups is 2. The maximum absolute atomic E-state index is 13.2. The van der Waals surface area contributed by atoms with E-state index in [4.69, 9.17) is 38.1 Å². The second-order valence-electron chi connectivity index (χ2n) is 23.0. The van der Waals surface area contributed by atoms with Crippen LogP contribution in [0.5, 0.6) is 23.0 Å². The topological polar surface area (TPSA) is 183 Å². The molecule has 2 heterocycles. The summed E-state index contributed by atoms with van der Waals surface area (Å²) in [4.78, 5) is 45.7. The van der Waals surface area contributed by atoms with Gasteiger partial charge in [-0.3, -0.25) is 0 Å². The fourth-order valence-electron chi connectivity index (χ4n) is 13.3. The summed E-state index contributed by atoms with van der Waals surface area (Å²) in [6.45, 7) is 17.7. The Bertz CT molecular complexity index is 3180. The molecule has 6 aliphatic rings. The van der Waals surface area contributed by atoms with Crippen LogP contribution in [0, 0.1) is 18.8 Å². The Kier molecular flexibility index (Phi) is 21.2. The predicted molar refractivity (Wildman–Crippen MR) is 321 cm³/mol. The number of aliphatic hydroxyl groups is 1. The van der Waals surface area contributed by atoms with Crippen LogP contribution in [0.3, 0.4) is 0 Å². The first-order valence-corrected chi connectivity index (χ1v) is 29.0. The van der Waals surface area contributed by atoms with E-state index >= 15 is 0 Å². The first-order chi connectivity index (χ1) is 39.2. The highest BCUT2D eigenvalue weighted by atomic mass is 16.7. The number of quaternary nitrogens is 1. The van der Waals surface area contributed by atoms with Crippen LogP contribution in [-0.2, 0) is 36.8 Å². The molecular formula is C71H82NO10+3. The minimum Gasteiger partial charge on any atom is -0.578 e. The molecule has 82 heavy (non-hydrogen) atoms. The van der Waals surface area contributed by atoms with E-state index < -0.39 is 6.16 Å². The first-order valence-electron chi connectivity index (χ1n) is 29.0. The average Bonchev–Trinajstić information content (AvgIpc) is 2.49. The summed E-state index contributed by atoms with van der Waals surface area (Å²) < 4.78 is 23.5. The smallest absolute Gasteiger partial charge is 0.513 e. The summed E-state index contributed by atoms with van der Waals surface area (Å²) in [6, 6.07) is 42.2. The van der Waals surface area contributed by atoms with Gasteiger partial charge in [-0.25, -0.2) is 4.79 Å². The summed E-state index contributed by atoms with van der Waals surface area (Å²) in [6.07, 6.45) is 22.3. The molecule has 4 aliphatic carbocycles. The van der Waals surface area contributed by atoms with E-state index in [0.29, 0.717) is 35.2 Å². The molecule has 11 nitrogen and oxygen atoms in total. The van der Waals surface area contributed by atoms with Crippen molar-refractivity contribution in [1.29, 1.82) is 0 Å². The molecule has 6 aromatic rings. The monoisotopic (exact) mass is 1110 g/mol. The number of phenolic OH excluding ortho intramolecular Hbond substituents is 1. The zero-order valence-corrected chi connectivity index (χ0v) is 48.9. The number of benzene rings is 6. The summed E-state index contributed by atoms with van der Waals surface area (Å²) >= 11 is 0. The summed E-state index contributed by atoms with van der Waals surface area (Å²) in [5, 5.41) is 10.6. The molecule has 6 aromatic carbocycles. The van der Waals surface area contributed by atoms with Gasteiger partial charge in [-0.05, 0) is 128 Å². The number of hydrogen-bond donors (Lipinski definition) is 2. The number of rotatable bonds is 11. The van der Waals surface area contributed by atoms with Crippen molar-refractivity contribution < 1.29 is 48.0 Å². The summed E-state index contributed by atoms with van der Waals surface area (Å²) in [5.74, 6) is 4.48. The average molecular weight is 1110 g/mol. The van der Waals surface area contributed by atoms with Crippen LogP contribution in [0.25, 0.3) is 22.3 Å². The zero-order chi connectivity index (χ0) is 57.7. The molecule has 0 amide bonds. The van der Waals surface area contributed by atoms with Gasteiger partial charge < -0.3 is 30.2 Å². The molecule has 0 radical (unpaired) electrons. The standard InChI is InChI=1S/C35H38O4.C20H28O2.C14H11.2CO2.H3N/c1-4-5-6-13-23-20-31(33-28-18-11-12-19-30(28)35(2,3)39-32(33)21-23)38-34(36)37-22-29-26-16-9-7-14-24(26)25-15-8-10-17-27(25)29;1-4-5-6-9-14-12-17(21)19-15-10-7-8-11-16(15)20(2,3)22-18(19)13-14;1-10-11-6-2-4-8-13(11)14-9-5-3-7-12(10)14;2*2-1-3;/h7-11,14-18,20-21,28-30H,4-6,12-13,19,22H2,1-3H3;7,10,12-13,15-16,21H,4-6,8-9,11H2,1-3H3;2-10H,1H2;;;1H3/q;;+1;;;/p+2. The van der Waals surface area contributed by atoms with Crippen molar-refractivity contribution in [3.05, 3.63) is 197 Å². The van der Waals surface area contributed by atoms with Gasteiger partial charge in [0, 0.05) is 60.3 Å². The van der Waals surface area contributed by atoms with Gasteiger partial charge in [-0.15, -0.1) is 0 Å². The molecule has 2 aliphatic heterocycles. The second kappa shape index (κ2) is 28.2. The fraction of sp³-hybridized carbons (Fsp3) is 0.380. The van der Waals surface area contributed by atoms with Crippen LogP contribution in [-0.4, -0.2) is 46.1 Å². The summed E-state index contributed by atoms with van der Waals surface area (Å²) in [7, 11) is 0. The fourth-order valence-corrected chi connectivity index (χ4v) is 13.3. The predicted octanol–water partition coefficient (Wildman–Crippen LogP) is 17.0. The highest BCUT2D eigenvalue weighted by molar-refractivity contribution is 5.80. The number of aryl methyl sites for hydroxylation is 2. The number of fused-ring (bicyclic) bond motifs is 12. The molecule has 12 rings (SSSR count). The molecule has 0 bridgehead atoms. The van der Waals surface area contributed by atoms with Gasteiger partial charge in [-0.2, -0.15) is 19.2 Å². The van der Waals surface area contributed by atoms with Crippen LogP contribution < -0.4 is 15.6 Å². The second-order valence-corrected chi connectivity index (χ2v) is 23.0. The molecule has 0 aromatic heterocycles. The van der Waals surface area contributed by atoms with Crippen LogP contribution in [0.1, 0.15) is 174 Å². The first kappa shape index (κ1) is 61.7. The lowest BCUT2D eigenvalue weighted by Gasteiger charge is -2.46. The number of carbonyl (C=O) groups is 1. The molecule has 6 N–H and O–H groups in total. The Morgan fingerprint density at radius 2 is 1.11 bits per heavy atom. The number of allylic oxidation sites excluding steroid dienone is 4. The van der Waals surface area contributed by atoms with E-state index in [0.717, 1.165) is 79.6 Å². The van der Waals surface area contributed by atoms with E-state index in [1.165, 1.54) is 75.8 Å². The minimum atomic E-state index is -0.661. The third-order valence-electron chi connectivity index (χ3n) is 17.1. The molecule has 0 saturated heterocycles. The van der Waals surface area contributed by atoms with Crippen LogP contribution >= 0.6 is 0 Å². The number of unbranched alkanes of at least 4 members (excludes halogenated alkanes) is 4. The van der Waals surface area contributed by atoms with Gasteiger partial charge in [0.25, 0.3) is 5.75 Å². The van der Waals surface area contributed by atoms with Gasteiger partial charge in [0.1, 0.15) is 35.4 Å². The van der Waals surface area contributed by atoms with Crippen LogP contribution in [0.15, 0.2) is 146 Å². The molecule has 0 saturated carbocycles. The highest BCUT2D eigenvalue weighted by Crippen LogP contribution is 2.55. The quantitative estimate of drug-likeness (QED) is 0.0318. The number of hydrogen-bond acceptors (Lipinski definition) is 9. The van der Waals surface area contributed by atoms with E-state index in [2.05, 4.69) is 170 Å². The maximum atomic E-state index is 13.2. The lowest BCUT2D eigenvalue weighted by Crippen LogP contribution is -2.45. The van der Waals surface area contributed by atoms with Crippen LogP contribution in [0.4, 0.5) is 4.79 Å². The molecule has 0 spiro atoms. The SMILES string of the molecule is CCCCCc1cc(O)c2c(c1)[OH+]C(C)(C)C1CCC=CC21.CCCCCc1cc(OC(=O)OCC2c3ccccc3-c3ccccc32)c2c(c1)OC(C)(C)C1CCC=CC21.O=C=O.O=C=O.[CH2+]C1c2ccccc2-c2ccccc21.[NH4+]. The maximum Gasteiger partial charge on any atom is 0.513 e. The molecule has 428 valence electrons. The molecule has 0 fully saturated rings. The van der Waals surface area contributed by atoms with E-state index in [1.807, 2.05) is 24.3 Å². The lowest BCUT2D eigenvalue weighted by atomic mass is 9.69. The van der Waals surface area contributed by atoms with Crippen molar-refractivity contribution in [3.8, 4) is 45.3 Å². The van der Waals surface area contributed by atoms with Gasteiger partial charge in [0.05, 0.1) is 18.4 Å². The third-order valence-corrected chi connectivity index (χ3v) is 17.1.